The molecule has 2 N–H and O–H groups in total. The number of benzene rings is 2. The van der Waals surface area contributed by atoms with Crippen molar-refractivity contribution in [2.75, 3.05) is 24.5 Å². The van der Waals surface area contributed by atoms with Gasteiger partial charge in [-0.3, -0.25) is 9.52 Å². The number of carbonyl (C=O) groups is 2. The predicted molar refractivity (Wildman–Crippen MR) is 108 cm³/mol. The Balaban J connectivity index is 1.67. The Kier molecular flexibility index (Phi) is 6.46. The van der Waals surface area contributed by atoms with Crippen molar-refractivity contribution in [2.45, 2.75) is 24.8 Å². The molecule has 0 fully saturated rings. The number of hydrogen-bond acceptors (Lipinski definition) is 7. The average Bonchev–Trinajstić information content (AvgIpc) is 2.73. The Morgan fingerprint density at radius 2 is 1.73 bits per heavy atom. The molecule has 2 aromatic rings. The SMILES string of the molecule is CCOC(=O)C(C)NC(=O)c1ccc(NS(=O)(=O)c2ccc3c(c2)OCCO3)cc1. The van der Waals surface area contributed by atoms with Crippen LogP contribution in [0.5, 0.6) is 11.5 Å². The number of esters is 1. The maximum Gasteiger partial charge on any atom is 0.328 e. The lowest BCUT2D eigenvalue weighted by atomic mass is 10.2. The first-order valence-electron chi connectivity index (χ1n) is 9.30. The monoisotopic (exact) mass is 434 g/mol. The summed E-state index contributed by atoms with van der Waals surface area (Å²) in [6, 6.07) is 9.39. The van der Waals surface area contributed by atoms with Gasteiger partial charge in [0.15, 0.2) is 11.5 Å². The Bertz CT molecular complexity index is 1040. The maximum absolute atomic E-state index is 12.7. The quantitative estimate of drug-likeness (QED) is 0.639. The van der Waals surface area contributed by atoms with Gasteiger partial charge in [-0.25, -0.2) is 13.2 Å². The lowest BCUT2D eigenvalue weighted by molar-refractivity contribution is -0.144. The minimum absolute atomic E-state index is 0.0248. The first-order chi connectivity index (χ1) is 14.3. The second kappa shape index (κ2) is 9.04. The van der Waals surface area contributed by atoms with E-state index < -0.39 is 27.9 Å². The molecular formula is C20H22N2O7S. The lowest BCUT2D eigenvalue weighted by Crippen LogP contribution is -2.39. The summed E-state index contributed by atoms with van der Waals surface area (Å²) in [5, 5.41) is 2.53. The Labute approximate surface area is 174 Å². The predicted octanol–water partition coefficient (Wildman–Crippen LogP) is 1.94. The van der Waals surface area contributed by atoms with Crippen LogP contribution in [0.15, 0.2) is 47.4 Å². The van der Waals surface area contributed by atoms with E-state index >= 15 is 0 Å². The van der Waals surface area contributed by atoms with Gasteiger partial charge in [0, 0.05) is 17.3 Å². The van der Waals surface area contributed by atoms with Crippen LogP contribution in [0.3, 0.4) is 0 Å². The summed E-state index contributed by atoms with van der Waals surface area (Å²) >= 11 is 0. The highest BCUT2D eigenvalue weighted by molar-refractivity contribution is 7.92. The van der Waals surface area contributed by atoms with Crippen molar-refractivity contribution in [1.82, 2.24) is 5.32 Å². The molecule has 0 radical (unpaired) electrons. The van der Waals surface area contributed by atoms with Crippen molar-refractivity contribution in [3.8, 4) is 11.5 Å². The average molecular weight is 434 g/mol. The second-order valence-corrected chi connectivity index (χ2v) is 8.12. The summed E-state index contributed by atoms with van der Waals surface area (Å²) in [7, 11) is -3.86. The van der Waals surface area contributed by atoms with Crippen LogP contribution in [0.2, 0.25) is 0 Å². The van der Waals surface area contributed by atoms with Crippen LogP contribution < -0.4 is 19.5 Å². The minimum atomic E-state index is -3.86. The van der Waals surface area contributed by atoms with Gasteiger partial charge in [0.25, 0.3) is 15.9 Å². The molecule has 1 aliphatic heterocycles. The fourth-order valence-electron chi connectivity index (χ4n) is 2.70. The van der Waals surface area contributed by atoms with Crippen molar-refractivity contribution in [3.05, 3.63) is 48.0 Å². The highest BCUT2D eigenvalue weighted by atomic mass is 32.2. The smallest absolute Gasteiger partial charge is 0.328 e. The number of fused-ring (bicyclic) bond motifs is 1. The van der Waals surface area contributed by atoms with Crippen LogP contribution in [0.4, 0.5) is 5.69 Å². The number of ether oxygens (including phenoxy) is 3. The maximum atomic E-state index is 12.7. The van der Waals surface area contributed by atoms with Crippen molar-refractivity contribution in [1.29, 1.82) is 0 Å². The van der Waals surface area contributed by atoms with Crippen LogP contribution in [0.1, 0.15) is 24.2 Å². The minimum Gasteiger partial charge on any atom is -0.486 e. The van der Waals surface area contributed by atoms with E-state index in [1.54, 1.807) is 13.0 Å². The number of hydrogen-bond donors (Lipinski definition) is 2. The Morgan fingerprint density at radius 3 is 2.40 bits per heavy atom. The Hall–Kier alpha value is -3.27. The van der Waals surface area contributed by atoms with Gasteiger partial charge in [0.2, 0.25) is 0 Å². The number of nitrogens with one attached hydrogen (secondary N) is 2. The second-order valence-electron chi connectivity index (χ2n) is 6.44. The summed E-state index contributed by atoms with van der Waals surface area (Å²) in [6.07, 6.45) is 0. The van der Waals surface area contributed by atoms with Gasteiger partial charge in [-0.1, -0.05) is 0 Å². The summed E-state index contributed by atoms with van der Waals surface area (Å²) in [5.41, 5.74) is 0.549. The largest absolute Gasteiger partial charge is 0.486 e. The Morgan fingerprint density at radius 1 is 1.07 bits per heavy atom. The van der Waals surface area contributed by atoms with Crippen LogP contribution in [0.25, 0.3) is 0 Å². The number of sulfonamides is 1. The molecule has 2 aromatic carbocycles. The molecule has 9 nitrogen and oxygen atoms in total. The third-order valence-electron chi connectivity index (χ3n) is 4.21. The van der Waals surface area contributed by atoms with E-state index in [4.69, 9.17) is 14.2 Å². The fourth-order valence-corrected chi connectivity index (χ4v) is 3.77. The van der Waals surface area contributed by atoms with E-state index in [2.05, 4.69) is 10.0 Å². The van der Waals surface area contributed by atoms with Gasteiger partial charge in [0.05, 0.1) is 11.5 Å². The number of anilines is 1. The third kappa shape index (κ3) is 5.01. The van der Waals surface area contributed by atoms with Crippen LogP contribution in [0, 0.1) is 0 Å². The van der Waals surface area contributed by atoms with Gasteiger partial charge in [-0.05, 0) is 50.2 Å². The summed E-state index contributed by atoms with van der Waals surface area (Å²) in [4.78, 5) is 23.9. The van der Waals surface area contributed by atoms with E-state index in [1.807, 2.05) is 0 Å². The van der Waals surface area contributed by atoms with Crippen LogP contribution in [-0.2, 0) is 19.6 Å². The molecule has 0 saturated heterocycles. The first kappa shape index (κ1) is 21.4. The topological polar surface area (TPSA) is 120 Å². The highest BCUT2D eigenvalue weighted by Crippen LogP contribution is 2.32. The number of carbonyl (C=O) groups excluding carboxylic acids is 2. The number of rotatable bonds is 7. The summed E-state index contributed by atoms with van der Waals surface area (Å²) < 4.78 is 43.4. The van der Waals surface area contributed by atoms with Gasteiger partial charge < -0.3 is 19.5 Å². The standard InChI is InChI=1S/C20H22N2O7S/c1-3-27-20(24)13(2)21-19(23)14-4-6-15(7-5-14)22-30(25,26)16-8-9-17-18(12-16)29-11-10-28-17/h4-9,12-13,22H,3,10-11H2,1-2H3,(H,21,23). The molecule has 3 rings (SSSR count). The van der Waals surface area contributed by atoms with E-state index in [0.717, 1.165) is 0 Å². The highest BCUT2D eigenvalue weighted by Gasteiger charge is 2.20. The fraction of sp³-hybridized carbons (Fsp3) is 0.300. The van der Waals surface area contributed by atoms with E-state index in [1.165, 1.54) is 43.3 Å². The molecule has 0 aliphatic carbocycles. The van der Waals surface area contributed by atoms with Crippen LogP contribution >= 0.6 is 0 Å². The normalized spacial score (nSPS) is 13.8. The van der Waals surface area contributed by atoms with E-state index in [-0.39, 0.29) is 22.8 Å². The molecule has 30 heavy (non-hydrogen) atoms. The van der Waals surface area contributed by atoms with Crippen LogP contribution in [-0.4, -0.2) is 46.2 Å². The molecule has 160 valence electrons. The first-order valence-corrected chi connectivity index (χ1v) is 10.8. The molecule has 0 aromatic heterocycles. The zero-order valence-corrected chi connectivity index (χ0v) is 17.3. The zero-order chi connectivity index (χ0) is 21.7. The van der Waals surface area contributed by atoms with Crippen molar-refractivity contribution in [3.63, 3.8) is 0 Å². The van der Waals surface area contributed by atoms with Gasteiger partial charge in [0.1, 0.15) is 19.3 Å². The molecule has 10 heteroatoms. The molecule has 1 aliphatic rings. The molecule has 1 atom stereocenters. The molecule has 0 saturated carbocycles. The third-order valence-corrected chi connectivity index (χ3v) is 5.59. The molecule has 0 bridgehead atoms. The summed E-state index contributed by atoms with van der Waals surface area (Å²) in [6.45, 7) is 4.18. The van der Waals surface area contributed by atoms with Crippen molar-refractivity contribution < 1.29 is 32.2 Å². The molecular weight excluding hydrogens is 412 g/mol. The van der Waals surface area contributed by atoms with Crippen molar-refractivity contribution in [2.24, 2.45) is 0 Å². The van der Waals surface area contributed by atoms with Crippen molar-refractivity contribution >= 4 is 27.6 Å². The zero-order valence-electron chi connectivity index (χ0n) is 16.5. The van der Waals surface area contributed by atoms with Gasteiger partial charge >= 0.3 is 5.97 Å². The lowest BCUT2D eigenvalue weighted by Gasteiger charge is -2.19. The molecule has 1 heterocycles. The molecule has 0 spiro atoms. The molecule has 1 unspecified atom stereocenters. The number of amides is 1. The van der Waals surface area contributed by atoms with E-state index in [0.29, 0.717) is 24.7 Å². The molecule has 1 amide bonds. The van der Waals surface area contributed by atoms with Gasteiger partial charge in [-0.2, -0.15) is 0 Å². The summed E-state index contributed by atoms with van der Waals surface area (Å²) in [5.74, 6) is -0.147. The van der Waals surface area contributed by atoms with E-state index in [9.17, 15) is 18.0 Å². The van der Waals surface area contributed by atoms with Gasteiger partial charge in [-0.15, -0.1) is 0 Å².